The van der Waals surface area contributed by atoms with E-state index in [0.717, 1.165) is 36.3 Å². The van der Waals surface area contributed by atoms with Gasteiger partial charge < -0.3 is 19.3 Å². The lowest BCUT2D eigenvalue weighted by atomic mass is 10.1. The number of anilines is 1. The van der Waals surface area contributed by atoms with E-state index in [9.17, 15) is 8.42 Å². The van der Waals surface area contributed by atoms with Crippen molar-refractivity contribution in [3.8, 4) is 5.75 Å². The van der Waals surface area contributed by atoms with Crippen molar-refractivity contribution in [3.63, 3.8) is 0 Å². The van der Waals surface area contributed by atoms with Crippen molar-refractivity contribution < 1.29 is 17.9 Å². The van der Waals surface area contributed by atoms with Gasteiger partial charge in [0.15, 0.2) is 0 Å². The molecule has 0 aliphatic carbocycles. The smallest absolute Gasteiger partial charge is 0.247 e. The lowest BCUT2D eigenvalue weighted by Crippen LogP contribution is -2.40. The molecule has 8 heteroatoms. The van der Waals surface area contributed by atoms with E-state index in [1.807, 2.05) is 79.7 Å². The molecule has 0 bridgehead atoms. The zero-order valence-corrected chi connectivity index (χ0v) is 23.2. The summed E-state index contributed by atoms with van der Waals surface area (Å²) in [6, 6.07) is 25.3. The standard InChI is InChI=1S/C30H37N3O4S/c1-23(25-12-8-5-9-13-25)33-20-28(22-36-21-24-10-6-4-7-11-24)37-29-18-26(14-15-30(29)38(33,34)35)32-17-16-27(19-32)31(2)3/h4-15,18,23,27-28H,16-17,19-22H2,1-3H3/t23-,27-,28-/m0/s1. The summed E-state index contributed by atoms with van der Waals surface area (Å²) >= 11 is 0. The van der Waals surface area contributed by atoms with Crippen LogP contribution in [0.3, 0.4) is 0 Å². The second kappa shape index (κ2) is 11.5. The Kier molecular flexibility index (Phi) is 8.04. The fourth-order valence-electron chi connectivity index (χ4n) is 5.27. The Morgan fingerprint density at radius 1 is 1.00 bits per heavy atom. The van der Waals surface area contributed by atoms with Crippen LogP contribution in [-0.2, 0) is 21.4 Å². The van der Waals surface area contributed by atoms with Gasteiger partial charge in [0, 0.05) is 36.9 Å². The van der Waals surface area contributed by atoms with E-state index in [-0.39, 0.29) is 24.1 Å². The number of ether oxygens (including phenoxy) is 2. The van der Waals surface area contributed by atoms with Gasteiger partial charge in [0.05, 0.1) is 19.8 Å². The number of nitrogens with zero attached hydrogens (tertiary/aromatic N) is 3. The molecule has 202 valence electrons. The molecule has 5 rings (SSSR count). The van der Waals surface area contributed by atoms with E-state index in [4.69, 9.17) is 9.47 Å². The molecular weight excluding hydrogens is 498 g/mol. The van der Waals surface area contributed by atoms with E-state index in [0.29, 0.717) is 18.4 Å². The minimum Gasteiger partial charge on any atom is -0.485 e. The van der Waals surface area contributed by atoms with Gasteiger partial charge in [-0.2, -0.15) is 4.31 Å². The van der Waals surface area contributed by atoms with Crippen molar-refractivity contribution >= 4 is 15.7 Å². The molecule has 0 unspecified atom stereocenters. The third-order valence-corrected chi connectivity index (χ3v) is 9.56. The number of fused-ring (bicyclic) bond motifs is 1. The Morgan fingerprint density at radius 2 is 1.71 bits per heavy atom. The van der Waals surface area contributed by atoms with Gasteiger partial charge in [0.2, 0.25) is 10.0 Å². The first kappa shape index (κ1) is 26.7. The molecule has 2 heterocycles. The molecule has 1 saturated heterocycles. The average molecular weight is 536 g/mol. The van der Waals surface area contributed by atoms with Crippen LogP contribution in [0.5, 0.6) is 5.75 Å². The fraction of sp³-hybridized carbons (Fsp3) is 0.400. The zero-order chi connectivity index (χ0) is 26.7. The van der Waals surface area contributed by atoms with Crippen molar-refractivity contribution in [1.82, 2.24) is 9.21 Å². The third kappa shape index (κ3) is 5.73. The fourth-order valence-corrected chi connectivity index (χ4v) is 7.03. The van der Waals surface area contributed by atoms with Crippen LogP contribution in [0.1, 0.15) is 30.5 Å². The van der Waals surface area contributed by atoms with Gasteiger partial charge in [-0.15, -0.1) is 0 Å². The molecule has 7 nitrogen and oxygen atoms in total. The van der Waals surface area contributed by atoms with Gasteiger partial charge in [-0.25, -0.2) is 8.42 Å². The molecular formula is C30H37N3O4S. The number of likely N-dealkylation sites (N-methyl/N-ethyl adjacent to an activating group) is 1. The molecule has 0 N–H and O–H groups in total. The lowest BCUT2D eigenvalue weighted by Gasteiger charge is -2.29. The third-order valence-electron chi connectivity index (χ3n) is 7.58. The summed E-state index contributed by atoms with van der Waals surface area (Å²) < 4.78 is 42.1. The largest absolute Gasteiger partial charge is 0.485 e. The highest BCUT2D eigenvalue weighted by Crippen LogP contribution is 2.38. The van der Waals surface area contributed by atoms with Crippen LogP contribution in [0, 0.1) is 0 Å². The van der Waals surface area contributed by atoms with Gasteiger partial charge in [-0.3, -0.25) is 0 Å². The second-order valence-electron chi connectivity index (χ2n) is 10.4. The lowest BCUT2D eigenvalue weighted by molar-refractivity contribution is 0.0313. The second-order valence-corrected chi connectivity index (χ2v) is 12.2. The molecule has 3 aromatic carbocycles. The summed E-state index contributed by atoms with van der Waals surface area (Å²) in [5.74, 6) is 0.395. The van der Waals surface area contributed by atoms with E-state index < -0.39 is 16.1 Å². The normalized spacial score (nSPS) is 22.1. The Labute approximate surface area is 226 Å². The van der Waals surface area contributed by atoms with Gasteiger partial charge in [0.25, 0.3) is 0 Å². The molecule has 2 aliphatic heterocycles. The van der Waals surface area contributed by atoms with Crippen LogP contribution in [0.2, 0.25) is 0 Å². The quantitative estimate of drug-likeness (QED) is 0.422. The topological polar surface area (TPSA) is 62.3 Å². The first-order valence-corrected chi connectivity index (χ1v) is 14.7. The van der Waals surface area contributed by atoms with Gasteiger partial charge in [-0.05, 0) is 50.7 Å². The monoisotopic (exact) mass is 535 g/mol. The predicted molar refractivity (Wildman–Crippen MR) is 150 cm³/mol. The molecule has 3 atom stereocenters. The van der Waals surface area contributed by atoms with Crippen LogP contribution < -0.4 is 9.64 Å². The maximum absolute atomic E-state index is 14.0. The summed E-state index contributed by atoms with van der Waals surface area (Å²) in [5.41, 5.74) is 2.99. The number of benzene rings is 3. The molecule has 2 aliphatic rings. The Morgan fingerprint density at radius 3 is 2.39 bits per heavy atom. The van der Waals surface area contributed by atoms with Crippen LogP contribution >= 0.6 is 0 Å². The van der Waals surface area contributed by atoms with E-state index >= 15 is 0 Å². The van der Waals surface area contributed by atoms with Crippen molar-refractivity contribution in [2.45, 2.75) is 43.0 Å². The Bertz CT molecular complexity index is 1320. The van der Waals surface area contributed by atoms with Gasteiger partial charge >= 0.3 is 0 Å². The first-order chi connectivity index (χ1) is 18.3. The molecule has 0 radical (unpaired) electrons. The maximum Gasteiger partial charge on any atom is 0.247 e. The minimum atomic E-state index is -3.82. The van der Waals surface area contributed by atoms with Crippen molar-refractivity contribution in [1.29, 1.82) is 0 Å². The summed E-state index contributed by atoms with van der Waals surface area (Å²) in [6.07, 6.45) is 0.617. The highest BCUT2D eigenvalue weighted by molar-refractivity contribution is 7.89. The molecule has 0 amide bonds. The zero-order valence-electron chi connectivity index (χ0n) is 22.4. The van der Waals surface area contributed by atoms with E-state index in [2.05, 4.69) is 23.9 Å². The van der Waals surface area contributed by atoms with Crippen LogP contribution in [0.15, 0.2) is 83.8 Å². The summed E-state index contributed by atoms with van der Waals surface area (Å²) in [7, 11) is 0.386. The number of sulfonamides is 1. The van der Waals surface area contributed by atoms with Crippen molar-refractivity contribution in [2.75, 3.05) is 45.2 Å². The summed E-state index contributed by atoms with van der Waals surface area (Å²) in [6.45, 7) is 4.67. The summed E-state index contributed by atoms with van der Waals surface area (Å²) in [5, 5.41) is 0. The van der Waals surface area contributed by atoms with E-state index in [1.54, 1.807) is 10.4 Å². The van der Waals surface area contributed by atoms with Gasteiger partial charge in [-0.1, -0.05) is 60.7 Å². The van der Waals surface area contributed by atoms with Crippen LogP contribution in [-0.4, -0.2) is 70.1 Å². The number of hydrogen-bond donors (Lipinski definition) is 0. The maximum atomic E-state index is 14.0. The first-order valence-electron chi connectivity index (χ1n) is 13.2. The van der Waals surface area contributed by atoms with Crippen LogP contribution in [0.25, 0.3) is 0 Å². The highest BCUT2D eigenvalue weighted by Gasteiger charge is 2.38. The molecule has 1 fully saturated rings. The van der Waals surface area contributed by atoms with Crippen molar-refractivity contribution in [3.05, 3.63) is 90.0 Å². The number of hydrogen-bond acceptors (Lipinski definition) is 6. The average Bonchev–Trinajstić information content (AvgIpc) is 3.39. The predicted octanol–water partition coefficient (Wildman–Crippen LogP) is 4.56. The molecule has 38 heavy (non-hydrogen) atoms. The molecule has 0 saturated carbocycles. The van der Waals surface area contributed by atoms with E-state index in [1.165, 1.54) is 0 Å². The molecule has 0 aromatic heterocycles. The Hall–Kier alpha value is -2.91. The molecule has 0 spiro atoms. The SMILES string of the molecule is C[C@@H](c1ccccc1)N1C[C@@H](COCc2ccccc2)Oc2cc(N3CC[C@H](N(C)C)C3)ccc2S1(=O)=O. The highest BCUT2D eigenvalue weighted by atomic mass is 32.2. The van der Waals surface area contributed by atoms with Crippen LogP contribution in [0.4, 0.5) is 5.69 Å². The Balaban J connectivity index is 1.44. The molecule has 3 aromatic rings. The minimum absolute atomic E-state index is 0.198. The van der Waals surface area contributed by atoms with Crippen molar-refractivity contribution in [2.24, 2.45) is 0 Å². The van der Waals surface area contributed by atoms with Gasteiger partial charge in [0.1, 0.15) is 16.7 Å². The summed E-state index contributed by atoms with van der Waals surface area (Å²) in [4.78, 5) is 4.75. The number of rotatable bonds is 8.